The lowest BCUT2D eigenvalue weighted by Gasteiger charge is -2.11. The summed E-state index contributed by atoms with van der Waals surface area (Å²) in [5.74, 6) is -0.0154. The molecule has 1 amide bonds. The molecule has 1 aromatic rings. The number of amides is 1. The minimum Gasteiger partial charge on any atom is -0.384 e. The van der Waals surface area contributed by atoms with Crippen LogP contribution in [0.25, 0.3) is 0 Å². The molecule has 0 spiro atoms. The highest BCUT2D eigenvalue weighted by Gasteiger charge is 2.12. The number of methoxy groups -OCH3 is 1. The topological polar surface area (TPSA) is 65.2 Å². The van der Waals surface area contributed by atoms with Gasteiger partial charge in [-0.1, -0.05) is 0 Å². The molecule has 1 unspecified atom stereocenters. The predicted molar refractivity (Wildman–Crippen MR) is 58.1 cm³/mol. The van der Waals surface area contributed by atoms with Gasteiger partial charge in [-0.2, -0.15) is 0 Å². The van der Waals surface area contributed by atoms with Crippen LogP contribution in [0.2, 0.25) is 0 Å². The Morgan fingerprint density at radius 2 is 2.40 bits per heavy atom. The van der Waals surface area contributed by atoms with Gasteiger partial charge >= 0.3 is 0 Å². The summed E-state index contributed by atoms with van der Waals surface area (Å²) in [6, 6.07) is 3.38. The summed E-state index contributed by atoms with van der Waals surface area (Å²) in [6.07, 6.45) is 1.45. The smallest absolute Gasteiger partial charge is 0.250 e. The molecule has 4 nitrogen and oxygen atoms in total. The molecule has 0 radical (unpaired) electrons. The molecule has 1 atom stereocenters. The van der Waals surface area contributed by atoms with Crippen molar-refractivity contribution in [1.29, 1.82) is 0 Å². The second kappa shape index (κ2) is 5.68. The van der Waals surface area contributed by atoms with Gasteiger partial charge in [-0.3, -0.25) is 9.78 Å². The molecule has 1 aromatic heterocycles. The van der Waals surface area contributed by atoms with Crippen LogP contribution in [0, 0.1) is 0 Å². The largest absolute Gasteiger partial charge is 0.384 e. The number of hydrogen-bond acceptors (Lipinski definition) is 3. The van der Waals surface area contributed by atoms with E-state index >= 15 is 0 Å². The van der Waals surface area contributed by atoms with Gasteiger partial charge in [0.1, 0.15) is 0 Å². The maximum atomic E-state index is 10.8. The Morgan fingerprint density at radius 3 is 2.80 bits per heavy atom. The first kappa shape index (κ1) is 11.9. The molecule has 0 saturated heterocycles. The van der Waals surface area contributed by atoms with Crippen LogP contribution in [0.3, 0.4) is 0 Å². The van der Waals surface area contributed by atoms with Gasteiger partial charge < -0.3 is 10.5 Å². The van der Waals surface area contributed by atoms with E-state index in [2.05, 4.69) is 4.98 Å². The van der Waals surface area contributed by atoms with Crippen molar-refractivity contribution >= 4 is 17.5 Å². The van der Waals surface area contributed by atoms with Crippen LogP contribution >= 0.6 is 11.6 Å². The molecule has 0 aliphatic carbocycles. The van der Waals surface area contributed by atoms with Crippen molar-refractivity contribution in [2.45, 2.75) is 5.92 Å². The normalized spacial score (nSPS) is 12.4. The quantitative estimate of drug-likeness (QED) is 0.769. The molecule has 2 N–H and O–H groups in total. The van der Waals surface area contributed by atoms with Crippen LogP contribution in [0.15, 0.2) is 18.3 Å². The number of nitrogens with two attached hydrogens (primary N) is 1. The Labute approximate surface area is 93.4 Å². The molecule has 82 valence electrons. The highest BCUT2D eigenvalue weighted by atomic mass is 35.5. The number of carbonyl (C=O) groups excluding carboxylic acids is 1. The average molecular weight is 229 g/mol. The summed E-state index contributed by atoms with van der Waals surface area (Å²) in [7, 11) is 1.61. The third kappa shape index (κ3) is 3.18. The van der Waals surface area contributed by atoms with E-state index in [1.54, 1.807) is 19.2 Å². The summed E-state index contributed by atoms with van der Waals surface area (Å²) in [5.41, 5.74) is 6.30. The second-order valence-electron chi connectivity index (χ2n) is 3.14. The summed E-state index contributed by atoms with van der Waals surface area (Å²) in [5, 5.41) is 0. The number of pyridine rings is 1. The Morgan fingerprint density at radius 1 is 1.67 bits per heavy atom. The lowest BCUT2D eigenvalue weighted by molar-refractivity contribution is 0.1000. The fourth-order valence-electron chi connectivity index (χ4n) is 1.20. The number of nitrogens with zero attached hydrogens (tertiary/aromatic N) is 1. The van der Waals surface area contributed by atoms with Crippen LogP contribution in [0.5, 0.6) is 0 Å². The van der Waals surface area contributed by atoms with Gasteiger partial charge in [-0.15, -0.1) is 11.6 Å². The summed E-state index contributed by atoms with van der Waals surface area (Å²) >= 11 is 5.77. The van der Waals surface area contributed by atoms with Crippen molar-refractivity contribution in [2.24, 2.45) is 5.73 Å². The monoisotopic (exact) mass is 228 g/mol. The molecule has 0 aliphatic rings. The van der Waals surface area contributed by atoms with Crippen LogP contribution in [-0.4, -0.2) is 30.5 Å². The molecule has 0 aromatic carbocycles. The zero-order chi connectivity index (χ0) is 11.3. The van der Waals surface area contributed by atoms with Gasteiger partial charge in [0, 0.05) is 30.8 Å². The standard InChI is InChI=1S/C10H13ClN2O2/c1-15-6-8(4-11)9-3-2-7(5-13-9)10(12)14/h2-3,5,8H,4,6H2,1H3,(H2,12,14). The van der Waals surface area contributed by atoms with E-state index in [4.69, 9.17) is 22.1 Å². The zero-order valence-electron chi connectivity index (χ0n) is 8.44. The van der Waals surface area contributed by atoms with Gasteiger partial charge in [0.25, 0.3) is 0 Å². The SMILES string of the molecule is COCC(CCl)c1ccc(C(N)=O)cn1. The molecule has 1 rings (SSSR count). The first-order chi connectivity index (χ1) is 7.19. The molecule has 0 aliphatic heterocycles. The molecular weight excluding hydrogens is 216 g/mol. The van der Waals surface area contributed by atoms with Crippen molar-refractivity contribution in [3.8, 4) is 0 Å². The Kier molecular flexibility index (Phi) is 4.52. The Bertz CT molecular complexity index is 327. The van der Waals surface area contributed by atoms with E-state index in [0.29, 0.717) is 18.1 Å². The molecule has 15 heavy (non-hydrogen) atoms. The van der Waals surface area contributed by atoms with Gasteiger partial charge in [0.05, 0.1) is 12.2 Å². The molecule has 0 saturated carbocycles. The van der Waals surface area contributed by atoms with Crippen molar-refractivity contribution in [3.05, 3.63) is 29.6 Å². The molecule has 0 bridgehead atoms. The van der Waals surface area contributed by atoms with Crippen molar-refractivity contribution in [2.75, 3.05) is 19.6 Å². The highest BCUT2D eigenvalue weighted by Crippen LogP contribution is 2.15. The van der Waals surface area contributed by atoms with Gasteiger partial charge in [-0.25, -0.2) is 0 Å². The van der Waals surface area contributed by atoms with E-state index in [9.17, 15) is 4.79 Å². The molecular formula is C10H13ClN2O2. The lowest BCUT2D eigenvalue weighted by Crippen LogP contribution is -2.13. The summed E-state index contributed by atoms with van der Waals surface area (Å²) in [4.78, 5) is 14.9. The summed E-state index contributed by atoms with van der Waals surface area (Å²) < 4.78 is 5.01. The minimum absolute atomic E-state index is 0.0404. The van der Waals surface area contributed by atoms with Crippen molar-refractivity contribution in [1.82, 2.24) is 4.98 Å². The number of aromatic nitrogens is 1. The van der Waals surface area contributed by atoms with Crippen molar-refractivity contribution in [3.63, 3.8) is 0 Å². The number of ether oxygens (including phenoxy) is 1. The number of carbonyl (C=O) groups is 1. The zero-order valence-corrected chi connectivity index (χ0v) is 9.20. The fourth-order valence-corrected chi connectivity index (χ4v) is 1.45. The summed E-state index contributed by atoms with van der Waals surface area (Å²) in [6.45, 7) is 0.506. The first-order valence-electron chi connectivity index (χ1n) is 4.49. The average Bonchev–Trinajstić information content (AvgIpc) is 2.26. The first-order valence-corrected chi connectivity index (χ1v) is 5.03. The van der Waals surface area contributed by atoms with Crippen LogP contribution < -0.4 is 5.73 Å². The predicted octanol–water partition coefficient (Wildman–Crippen LogP) is 1.15. The Balaban J connectivity index is 2.81. The van der Waals surface area contributed by atoms with Crippen LogP contribution in [0.4, 0.5) is 0 Å². The lowest BCUT2D eigenvalue weighted by atomic mass is 10.1. The van der Waals surface area contributed by atoms with Gasteiger partial charge in [-0.05, 0) is 12.1 Å². The van der Waals surface area contributed by atoms with E-state index in [1.807, 2.05) is 0 Å². The highest BCUT2D eigenvalue weighted by molar-refractivity contribution is 6.18. The number of primary amides is 1. The fraction of sp³-hybridized carbons (Fsp3) is 0.400. The van der Waals surface area contributed by atoms with Crippen LogP contribution in [0.1, 0.15) is 22.0 Å². The van der Waals surface area contributed by atoms with Gasteiger partial charge in [0.2, 0.25) is 5.91 Å². The minimum atomic E-state index is -0.483. The van der Waals surface area contributed by atoms with E-state index in [0.717, 1.165) is 5.69 Å². The molecule has 1 heterocycles. The number of halogens is 1. The third-order valence-electron chi connectivity index (χ3n) is 2.04. The van der Waals surface area contributed by atoms with Crippen molar-refractivity contribution < 1.29 is 9.53 Å². The Hall–Kier alpha value is -1.13. The maximum Gasteiger partial charge on any atom is 0.250 e. The van der Waals surface area contributed by atoms with E-state index < -0.39 is 5.91 Å². The molecule has 0 fully saturated rings. The number of hydrogen-bond donors (Lipinski definition) is 1. The number of rotatable bonds is 5. The maximum absolute atomic E-state index is 10.8. The number of alkyl halides is 1. The van der Waals surface area contributed by atoms with Gasteiger partial charge in [0.15, 0.2) is 0 Å². The molecule has 5 heteroatoms. The van der Waals surface area contributed by atoms with Crippen LogP contribution in [-0.2, 0) is 4.74 Å². The third-order valence-corrected chi connectivity index (χ3v) is 2.42. The van der Waals surface area contributed by atoms with E-state index in [1.165, 1.54) is 6.20 Å². The second-order valence-corrected chi connectivity index (χ2v) is 3.45. The van der Waals surface area contributed by atoms with E-state index in [-0.39, 0.29) is 5.92 Å².